The van der Waals surface area contributed by atoms with Gasteiger partial charge in [0.2, 0.25) is 5.91 Å². The Hall–Kier alpha value is -1.92. The Morgan fingerprint density at radius 1 is 1.04 bits per heavy atom. The van der Waals surface area contributed by atoms with E-state index in [0.29, 0.717) is 13.0 Å². The summed E-state index contributed by atoms with van der Waals surface area (Å²) in [6, 6.07) is 7.78. The van der Waals surface area contributed by atoms with Gasteiger partial charge in [-0.1, -0.05) is 56.4 Å². The van der Waals surface area contributed by atoms with Crippen molar-refractivity contribution in [2.45, 2.75) is 77.3 Å². The molecule has 0 heterocycles. The molecule has 0 aliphatic rings. The number of amides is 2. The molecule has 0 aliphatic heterocycles. The fraction of sp³-hybridized carbons (Fsp3) is 0.600. The van der Waals surface area contributed by atoms with E-state index in [1.807, 2.05) is 0 Å². The molecule has 146 valence electrons. The monoisotopic (exact) mass is 363 g/mol. The van der Waals surface area contributed by atoms with Crippen molar-refractivity contribution in [1.29, 1.82) is 0 Å². The molecule has 1 aromatic carbocycles. The van der Waals surface area contributed by atoms with Gasteiger partial charge in [-0.3, -0.25) is 14.8 Å². The highest BCUT2D eigenvalue weighted by molar-refractivity contribution is 5.86. The minimum Gasteiger partial charge on any atom is -0.345 e. The molecule has 1 atom stereocenters. The second-order valence-electron chi connectivity index (χ2n) is 6.76. The van der Waals surface area contributed by atoms with Gasteiger partial charge in [-0.2, -0.15) is 0 Å². The molecule has 0 bridgehead atoms. The van der Waals surface area contributed by atoms with E-state index in [-0.39, 0.29) is 5.91 Å². The molecule has 0 radical (unpaired) electrons. The van der Waals surface area contributed by atoms with Crippen LogP contribution in [0.3, 0.4) is 0 Å². The third-order valence-corrected chi connectivity index (χ3v) is 4.48. The number of nitrogens with two attached hydrogens (primary N) is 1. The van der Waals surface area contributed by atoms with Crippen LogP contribution < -0.4 is 16.5 Å². The summed E-state index contributed by atoms with van der Waals surface area (Å²) in [6.07, 6.45) is 9.32. The second-order valence-corrected chi connectivity index (χ2v) is 6.76. The summed E-state index contributed by atoms with van der Waals surface area (Å²) in [4.78, 5) is 22.7. The lowest BCUT2D eigenvalue weighted by molar-refractivity contribution is -0.134. The van der Waals surface area contributed by atoms with Gasteiger partial charge in [0.05, 0.1) is 0 Å². The highest BCUT2D eigenvalue weighted by Crippen LogP contribution is 2.12. The first-order valence-corrected chi connectivity index (χ1v) is 9.58. The van der Waals surface area contributed by atoms with Gasteiger partial charge >= 0.3 is 0 Å². The molecule has 0 saturated carbocycles. The molecule has 0 aliphatic carbocycles. The molecule has 0 saturated heterocycles. The third kappa shape index (κ3) is 9.53. The van der Waals surface area contributed by atoms with Crippen LogP contribution in [0, 0.1) is 0 Å². The van der Waals surface area contributed by atoms with Gasteiger partial charge in [0.15, 0.2) is 0 Å². The van der Waals surface area contributed by atoms with Crippen LogP contribution in [0.4, 0.5) is 0 Å². The number of nitrogens with one attached hydrogen (secondary N) is 2. The van der Waals surface area contributed by atoms with Gasteiger partial charge in [0.1, 0.15) is 6.04 Å². The van der Waals surface area contributed by atoms with E-state index in [2.05, 4.69) is 29.6 Å². The maximum atomic E-state index is 11.6. The van der Waals surface area contributed by atoms with Gasteiger partial charge in [-0.15, -0.1) is 0 Å². The maximum Gasteiger partial charge on any atom is 0.265 e. The predicted octanol–water partition coefficient (Wildman–Crippen LogP) is 2.82. The first kappa shape index (κ1) is 22.1. The van der Waals surface area contributed by atoms with E-state index in [4.69, 9.17) is 10.9 Å². The van der Waals surface area contributed by atoms with Gasteiger partial charge in [0, 0.05) is 13.0 Å². The largest absolute Gasteiger partial charge is 0.345 e. The van der Waals surface area contributed by atoms with Crippen molar-refractivity contribution >= 4 is 11.8 Å². The molecule has 0 aromatic heterocycles. The second kappa shape index (κ2) is 13.3. The van der Waals surface area contributed by atoms with Crippen LogP contribution in [0.2, 0.25) is 0 Å². The van der Waals surface area contributed by atoms with Crippen molar-refractivity contribution in [3.8, 4) is 0 Å². The SMILES string of the molecule is CC(NC(=O)CCCCCCCCCc1cccc(CN)c1)C(=O)NO. The highest BCUT2D eigenvalue weighted by Gasteiger charge is 2.13. The maximum absolute atomic E-state index is 11.6. The fourth-order valence-corrected chi connectivity index (χ4v) is 2.89. The molecule has 6 nitrogen and oxygen atoms in total. The summed E-state index contributed by atoms with van der Waals surface area (Å²) in [5.41, 5.74) is 9.75. The average Bonchev–Trinajstić information content (AvgIpc) is 2.66. The summed E-state index contributed by atoms with van der Waals surface area (Å²) in [5.74, 6) is -0.756. The van der Waals surface area contributed by atoms with Crippen molar-refractivity contribution in [3.05, 3.63) is 35.4 Å². The number of benzene rings is 1. The van der Waals surface area contributed by atoms with Crippen LogP contribution in [-0.2, 0) is 22.6 Å². The minimum atomic E-state index is -0.710. The quantitative estimate of drug-likeness (QED) is 0.246. The average molecular weight is 364 g/mol. The number of hydrogen-bond acceptors (Lipinski definition) is 4. The van der Waals surface area contributed by atoms with Gasteiger partial charge in [0.25, 0.3) is 5.91 Å². The Kier molecular flexibility index (Phi) is 11.3. The van der Waals surface area contributed by atoms with E-state index in [1.54, 1.807) is 0 Å². The number of carbonyl (C=O) groups excluding carboxylic acids is 2. The van der Waals surface area contributed by atoms with Gasteiger partial charge in [-0.25, -0.2) is 5.48 Å². The third-order valence-electron chi connectivity index (χ3n) is 4.48. The Bertz CT molecular complexity index is 549. The van der Waals surface area contributed by atoms with Crippen LogP contribution in [0.25, 0.3) is 0 Å². The zero-order chi connectivity index (χ0) is 19.2. The number of aryl methyl sites for hydroxylation is 1. The molecule has 0 fully saturated rings. The normalized spacial score (nSPS) is 11.8. The summed E-state index contributed by atoms with van der Waals surface area (Å²) < 4.78 is 0. The lowest BCUT2D eigenvalue weighted by Crippen LogP contribution is -2.43. The van der Waals surface area contributed by atoms with E-state index in [1.165, 1.54) is 49.2 Å². The predicted molar refractivity (Wildman–Crippen MR) is 103 cm³/mol. The molecule has 6 heteroatoms. The number of hydrogen-bond donors (Lipinski definition) is 4. The Labute approximate surface area is 156 Å². The van der Waals surface area contributed by atoms with Crippen molar-refractivity contribution < 1.29 is 14.8 Å². The van der Waals surface area contributed by atoms with Crippen molar-refractivity contribution in [2.75, 3.05) is 0 Å². The van der Waals surface area contributed by atoms with Crippen LogP contribution in [0.15, 0.2) is 24.3 Å². The molecule has 0 spiro atoms. The summed E-state index contributed by atoms with van der Waals surface area (Å²) >= 11 is 0. The topological polar surface area (TPSA) is 104 Å². The smallest absolute Gasteiger partial charge is 0.265 e. The Balaban J connectivity index is 1.97. The molecule has 2 amide bonds. The van der Waals surface area contributed by atoms with Crippen LogP contribution >= 0.6 is 0 Å². The van der Waals surface area contributed by atoms with Crippen LogP contribution in [0.5, 0.6) is 0 Å². The molecular formula is C20H33N3O3. The van der Waals surface area contributed by atoms with E-state index >= 15 is 0 Å². The summed E-state index contributed by atoms with van der Waals surface area (Å²) in [6.45, 7) is 2.13. The van der Waals surface area contributed by atoms with Gasteiger partial charge < -0.3 is 11.1 Å². The van der Waals surface area contributed by atoms with Crippen LogP contribution in [0.1, 0.15) is 69.4 Å². The van der Waals surface area contributed by atoms with Crippen molar-refractivity contribution in [2.24, 2.45) is 5.73 Å². The van der Waals surface area contributed by atoms with E-state index in [0.717, 1.165) is 25.7 Å². The number of hydroxylamine groups is 1. The number of unbranched alkanes of at least 4 members (excludes halogenated alkanes) is 6. The first-order chi connectivity index (χ1) is 12.6. The lowest BCUT2D eigenvalue weighted by atomic mass is 10.0. The molecule has 5 N–H and O–H groups in total. The van der Waals surface area contributed by atoms with Crippen molar-refractivity contribution in [1.82, 2.24) is 10.8 Å². The lowest BCUT2D eigenvalue weighted by Gasteiger charge is -2.11. The Morgan fingerprint density at radius 3 is 2.31 bits per heavy atom. The zero-order valence-electron chi connectivity index (χ0n) is 15.8. The number of rotatable bonds is 13. The van der Waals surface area contributed by atoms with Crippen molar-refractivity contribution in [3.63, 3.8) is 0 Å². The van der Waals surface area contributed by atoms with E-state index < -0.39 is 11.9 Å². The van der Waals surface area contributed by atoms with Crippen LogP contribution in [-0.4, -0.2) is 23.1 Å². The molecule has 1 unspecified atom stereocenters. The summed E-state index contributed by atoms with van der Waals surface area (Å²) in [7, 11) is 0. The molecule has 26 heavy (non-hydrogen) atoms. The zero-order valence-corrected chi connectivity index (χ0v) is 15.8. The van der Waals surface area contributed by atoms with Gasteiger partial charge in [-0.05, 0) is 37.3 Å². The van der Waals surface area contributed by atoms with E-state index in [9.17, 15) is 9.59 Å². The minimum absolute atomic E-state index is 0.152. The standard InChI is InChI=1S/C20H33N3O3/c1-16(20(25)23-26)22-19(24)13-8-6-4-2-3-5-7-10-17-11-9-12-18(14-17)15-21/h9,11-12,14,16,26H,2-8,10,13,15,21H2,1H3,(H,22,24)(H,23,25). The Morgan fingerprint density at radius 2 is 1.65 bits per heavy atom. The molecule has 1 aromatic rings. The fourth-order valence-electron chi connectivity index (χ4n) is 2.89. The molecular weight excluding hydrogens is 330 g/mol. The summed E-state index contributed by atoms with van der Waals surface area (Å²) in [5, 5.41) is 11.0. The first-order valence-electron chi connectivity index (χ1n) is 9.58. The molecule has 1 rings (SSSR count). The number of carbonyl (C=O) groups is 2. The highest BCUT2D eigenvalue weighted by atomic mass is 16.5.